The molecule has 1 heterocycles. The van der Waals surface area contributed by atoms with Crippen LogP contribution in [0, 0.1) is 10.1 Å². The first-order valence-corrected chi connectivity index (χ1v) is 9.92. The van der Waals surface area contributed by atoms with Gasteiger partial charge in [-0.05, 0) is 48.9 Å². The molecule has 0 fully saturated rings. The van der Waals surface area contributed by atoms with Gasteiger partial charge >= 0.3 is 0 Å². The lowest BCUT2D eigenvalue weighted by Crippen LogP contribution is -2.05. The molecule has 3 aromatic carbocycles. The number of hydrogen-bond donors (Lipinski definition) is 2. The number of nitrogens with zero attached hydrogens (tertiary/aromatic N) is 2. The Labute approximate surface area is 188 Å². The van der Waals surface area contributed by atoms with Crippen molar-refractivity contribution in [3.05, 3.63) is 106 Å². The van der Waals surface area contributed by atoms with Crippen molar-refractivity contribution in [1.29, 1.82) is 0 Å². The zero-order chi connectivity index (χ0) is 23.7. The highest BCUT2D eigenvalue weighted by Crippen LogP contribution is 2.44. The fraction of sp³-hybridized carbons (Fsp3) is 0.0400. The first kappa shape index (κ1) is 21.5. The van der Waals surface area contributed by atoms with Gasteiger partial charge in [0.15, 0.2) is 17.3 Å². The zero-order valence-electron chi connectivity index (χ0n) is 17.4. The van der Waals surface area contributed by atoms with Gasteiger partial charge in [0.2, 0.25) is 5.88 Å². The van der Waals surface area contributed by atoms with Gasteiger partial charge in [-0.15, -0.1) is 0 Å². The molecule has 0 aliphatic carbocycles. The largest absolute Gasteiger partial charge is 0.503 e. The summed E-state index contributed by atoms with van der Waals surface area (Å²) < 4.78 is 1.33. The van der Waals surface area contributed by atoms with E-state index in [1.54, 1.807) is 54.6 Å². The van der Waals surface area contributed by atoms with Crippen LogP contribution in [0.4, 0.5) is 5.69 Å². The first-order valence-electron chi connectivity index (χ1n) is 9.92. The number of ketones is 2. The number of carbonyl (C=O) groups is 2. The van der Waals surface area contributed by atoms with Crippen molar-refractivity contribution in [2.24, 2.45) is 0 Å². The summed E-state index contributed by atoms with van der Waals surface area (Å²) >= 11 is 0. The molecule has 0 amide bonds. The van der Waals surface area contributed by atoms with E-state index in [0.29, 0.717) is 16.8 Å². The van der Waals surface area contributed by atoms with Gasteiger partial charge in [0.05, 0.1) is 16.2 Å². The van der Waals surface area contributed by atoms with Crippen LogP contribution in [0.1, 0.15) is 33.2 Å². The summed E-state index contributed by atoms with van der Waals surface area (Å²) in [5.74, 6) is -1.91. The summed E-state index contributed by atoms with van der Waals surface area (Å²) in [6.07, 6.45) is 0. The van der Waals surface area contributed by atoms with E-state index in [1.807, 2.05) is 0 Å². The fourth-order valence-corrected chi connectivity index (χ4v) is 3.61. The molecule has 0 saturated carbocycles. The summed E-state index contributed by atoms with van der Waals surface area (Å²) in [6, 6.07) is 20.1. The summed E-state index contributed by atoms with van der Waals surface area (Å²) in [6.45, 7) is 1.43. The Morgan fingerprint density at radius 1 is 0.848 bits per heavy atom. The number of Topliss-reactive ketones (excluding diaryl/α,β-unsaturated/α-hetero) is 1. The molecule has 164 valence electrons. The highest BCUT2D eigenvalue weighted by Gasteiger charge is 2.30. The van der Waals surface area contributed by atoms with Gasteiger partial charge in [-0.2, -0.15) is 0 Å². The van der Waals surface area contributed by atoms with Crippen LogP contribution in [0.2, 0.25) is 0 Å². The maximum Gasteiger partial charge on any atom is 0.269 e. The van der Waals surface area contributed by atoms with E-state index in [-0.39, 0.29) is 28.3 Å². The second kappa shape index (κ2) is 8.43. The molecule has 33 heavy (non-hydrogen) atoms. The molecule has 0 aliphatic heterocycles. The second-order valence-corrected chi connectivity index (χ2v) is 7.33. The minimum atomic E-state index is -0.618. The minimum Gasteiger partial charge on any atom is -0.503 e. The van der Waals surface area contributed by atoms with Crippen molar-refractivity contribution in [1.82, 2.24) is 4.57 Å². The summed E-state index contributed by atoms with van der Waals surface area (Å²) in [4.78, 5) is 35.4. The number of aromatic hydroxyl groups is 2. The Morgan fingerprint density at radius 2 is 1.42 bits per heavy atom. The quantitative estimate of drug-likeness (QED) is 0.249. The van der Waals surface area contributed by atoms with Crippen molar-refractivity contribution in [3.63, 3.8) is 0 Å². The Balaban J connectivity index is 1.94. The van der Waals surface area contributed by atoms with Gasteiger partial charge in [-0.3, -0.25) is 24.3 Å². The van der Waals surface area contributed by atoms with E-state index in [4.69, 9.17) is 0 Å². The van der Waals surface area contributed by atoms with Gasteiger partial charge in [0.1, 0.15) is 0 Å². The van der Waals surface area contributed by atoms with Gasteiger partial charge < -0.3 is 10.2 Å². The van der Waals surface area contributed by atoms with E-state index < -0.39 is 22.3 Å². The first-order chi connectivity index (χ1) is 15.8. The number of nitro benzene ring substituents is 1. The van der Waals surface area contributed by atoms with E-state index in [1.165, 1.54) is 35.8 Å². The molecule has 0 atom stereocenters. The van der Waals surface area contributed by atoms with E-state index >= 15 is 0 Å². The smallest absolute Gasteiger partial charge is 0.269 e. The van der Waals surface area contributed by atoms with Crippen LogP contribution in [0.15, 0.2) is 78.9 Å². The molecule has 0 radical (unpaired) electrons. The second-order valence-electron chi connectivity index (χ2n) is 7.33. The van der Waals surface area contributed by atoms with Crippen LogP contribution in [-0.2, 0) is 0 Å². The van der Waals surface area contributed by atoms with Crippen LogP contribution < -0.4 is 0 Å². The molecule has 0 unspecified atom stereocenters. The van der Waals surface area contributed by atoms with E-state index in [0.717, 1.165) is 0 Å². The molecule has 8 nitrogen and oxygen atoms in total. The van der Waals surface area contributed by atoms with Gasteiger partial charge in [0.25, 0.3) is 5.69 Å². The van der Waals surface area contributed by atoms with Crippen LogP contribution in [0.3, 0.4) is 0 Å². The van der Waals surface area contributed by atoms with E-state index in [2.05, 4.69) is 0 Å². The average Bonchev–Trinajstić information content (AvgIpc) is 3.09. The molecule has 0 aliphatic rings. The topological polar surface area (TPSA) is 123 Å². The maximum atomic E-state index is 13.4. The summed E-state index contributed by atoms with van der Waals surface area (Å²) in [7, 11) is 0. The number of carbonyl (C=O) groups excluding carboxylic acids is 2. The number of non-ortho nitro benzene ring substituents is 1. The minimum absolute atomic E-state index is 0.108. The predicted octanol–water partition coefficient (Wildman–Crippen LogP) is 4.90. The standard InChI is InChI=1S/C25H18N2O6/c1-15(28)16-7-11-19(12-8-16)26-22(17-5-3-2-4-6-17)21(24(30)25(26)31)23(29)18-9-13-20(14-10-18)27(32)33/h2-14,30-31H,1H3. The number of aromatic nitrogens is 1. The third kappa shape index (κ3) is 3.85. The monoisotopic (exact) mass is 442 g/mol. The van der Waals surface area contributed by atoms with Crippen molar-refractivity contribution < 1.29 is 24.7 Å². The van der Waals surface area contributed by atoms with Crippen LogP contribution in [-0.4, -0.2) is 31.3 Å². The number of nitro groups is 1. The van der Waals surface area contributed by atoms with Gasteiger partial charge in [-0.1, -0.05) is 30.3 Å². The SMILES string of the molecule is CC(=O)c1ccc(-n2c(O)c(O)c(C(=O)c3ccc([N+](=O)[O-])cc3)c2-c2ccccc2)cc1. The molecular formula is C25H18N2O6. The number of rotatable bonds is 6. The molecule has 0 spiro atoms. The molecule has 4 aromatic rings. The number of hydrogen-bond acceptors (Lipinski definition) is 6. The third-order valence-corrected chi connectivity index (χ3v) is 5.27. The van der Waals surface area contributed by atoms with Crippen molar-refractivity contribution in [2.75, 3.05) is 0 Å². The van der Waals surface area contributed by atoms with Crippen LogP contribution in [0.25, 0.3) is 16.9 Å². The van der Waals surface area contributed by atoms with Crippen molar-refractivity contribution in [3.8, 4) is 28.6 Å². The summed E-state index contributed by atoms with van der Waals surface area (Å²) in [5, 5.41) is 32.5. The van der Waals surface area contributed by atoms with Crippen LogP contribution >= 0.6 is 0 Å². The maximum absolute atomic E-state index is 13.4. The van der Waals surface area contributed by atoms with E-state index in [9.17, 15) is 29.9 Å². The summed E-state index contributed by atoms with van der Waals surface area (Å²) in [5.41, 5.74) is 1.47. The van der Waals surface area contributed by atoms with Gasteiger partial charge in [0, 0.05) is 28.9 Å². The highest BCUT2D eigenvalue weighted by atomic mass is 16.6. The lowest BCUT2D eigenvalue weighted by Gasteiger charge is -2.12. The zero-order valence-corrected chi connectivity index (χ0v) is 17.4. The molecule has 2 N–H and O–H groups in total. The van der Waals surface area contributed by atoms with Crippen molar-refractivity contribution in [2.45, 2.75) is 6.92 Å². The lowest BCUT2D eigenvalue weighted by molar-refractivity contribution is -0.384. The molecule has 1 aromatic heterocycles. The molecule has 0 saturated heterocycles. The van der Waals surface area contributed by atoms with Gasteiger partial charge in [-0.25, -0.2) is 0 Å². The fourth-order valence-electron chi connectivity index (χ4n) is 3.61. The Kier molecular flexibility index (Phi) is 5.49. The third-order valence-electron chi connectivity index (χ3n) is 5.27. The van der Waals surface area contributed by atoms with Crippen molar-refractivity contribution >= 4 is 17.3 Å². The Hall–Kier alpha value is -4.72. The Bertz CT molecular complexity index is 1370. The molecule has 0 bridgehead atoms. The molecular weight excluding hydrogens is 424 g/mol. The number of benzene rings is 3. The van der Waals surface area contributed by atoms with Crippen LogP contribution in [0.5, 0.6) is 11.6 Å². The normalized spacial score (nSPS) is 10.7. The molecule has 8 heteroatoms. The predicted molar refractivity (Wildman–Crippen MR) is 121 cm³/mol. The lowest BCUT2D eigenvalue weighted by atomic mass is 9.99. The Morgan fingerprint density at radius 3 is 1.97 bits per heavy atom. The molecule has 4 rings (SSSR count). The average molecular weight is 442 g/mol. The highest BCUT2D eigenvalue weighted by molar-refractivity contribution is 6.15.